The van der Waals surface area contributed by atoms with Gasteiger partial charge >= 0.3 is 0 Å². The zero-order valence-electron chi connectivity index (χ0n) is 8.71. The summed E-state index contributed by atoms with van der Waals surface area (Å²) >= 11 is 0. The first-order valence-corrected chi connectivity index (χ1v) is 4.59. The molecule has 0 saturated carbocycles. The summed E-state index contributed by atoms with van der Waals surface area (Å²) in [5, 5.41) is 0. The van der Waals surface area contributed by atoms with Crippen LogP contribution >= 0.6 is 0 Å². The maximum atomic E-state index is 5.57. The lowest BCUT2D eigenvalue weighted by Crippen LogP contribution is -2.01. The van der Waals surface area contributed by atoms with Gasteiger partial charge in [0.05, 0.1) is 18.5 Å². The fraction of sp³-hybridized carbons (Fsp3) is 0.364. The van der Waals surface area contributed by atoms with Gasteiger partial charge in [-0.1, -0.05) is 5.57 Å². The minimum Gasteiger partial charge on any atom is -0.477 e. The summed E-state index contributed by atoms with van der Waals surface area (Å²) in [7, 11) is 0. The summed E-state index contributed by atoms with van der Waals surface area (Å²) in [5.41, 5.74) is 8.31. The predicted molar refractivity (Wildman–Crippen MR) is 58.3 cm³/mol. The highest BCUT2D eigenvalue weighted by Crippen LogP contribution is 2.16. The van der Waals surface area contributed by atoms with Crippen molar-refractivity contribution in [2.75, 3.05) is 12.3 Å². The van der Waals surface area contributed by atoms with Gasteiger partial charge in [0, 0.05) is 12.0 Å². The third-order valence-electron chi connectivity index (χ3n) is 1.82. The van der Waals surface area contributed by atoms with Crippen LogP contribution in [0.1, 0.15) is 18.9 Å². The minimum atomic E-state index is 0.618. The Morgan fingerprint density at radius 3 is 2.93 bits per heavy atom. The standard InChI is InChI=1S/C11H16N2O/c1-8(2)4-5-14-11-9(3)6-10(12)7-13-11/h6-7H,1,4-5,12H2,2-3H3. The molecule has 0 aliphatic heterocycles. The van der Waals surface area contributed by atoms with E-state index in [4.69, 9.17) is 10.5 Å². The molecule has 14 heavy (non-hydrogen) atoms. The number of nitrogens with two attached hydrogens (primary N) is 1. The van der Waals surface area contributed by atoms with Crippen LogP contribution in [0.15, 0.2) is 24.4 Å². The molecule has 0 spiro atoms. The Bertz CT molecular complexity index is 334. The Kier molecular flexibility index (Phi) is 3.51. The zero-order valence-corrected chi connectivity index (χ0v) is 8.71. The largest absolute Gasteiger partial charge is 0.477 e. The number of aromatic nitrogens is 1. The van der Waals surface area contributed by atoms with Crippen molar-refractivity contribution in [3.8, 4) is 5.88 Å². The fourth-order valence-electron chi connectivity index (χ4n) is 1.06. The van der Waals surface area contributed by atoms with Crippen LogP contribution < -0.4 is 10.5 Å². The van der Waals surface area contributed by atoms with Gasteiger partial charge in [0.15, 0.2) is 0 Å². The van der Waals surface area contributed by atoms with Crippen molar-refractivity contribution in [2.24, 2.45) is 0 Å². The third kappa shape index (κ3) is 3.09. The van der Waals surface area contributed by atoms with Crippen molar-refractivity contribution >= 4 is 5.69 Å². The van der Waals surface area contributed by atoms with Crippen LogP contribution in [0.25, 0.3) is 0 Å². The van der Waals surface area contributed by atoms with Crippen molar-refractivity contribution in [2.45, 2.75) is 20.3 Å². The van der Waals surface area contributed by atoms with E-state index in [1.807, 2.05) is 19.9 Å². The van der Waals surface area contributed by atoms with Crippen LogP contribution in [-0.4, -0.2) is 11.6 Å². The number of nitrogens with zero attached hydrogens (tertiary/aromatic N) is 1. The SMILES string of the molecule is C=C(C)CCOc1ncc(N)cc1C. The second-order valence-corrected chi connectivity index (χ2v) is 3.45. The van der Waals surface area contributed by atoms with Crippen LogP contribution in [0, 0.1) is 6.92 Å². The number of ether oxygens (including phenoxy) is 1. The van der Waals surface area contributed by atoms with Crippen molar-refractivity contribution in [3.05, 3.63) is 30.0 Å². The summed E-state index contributed by atoms with van der Waals surface area (Å²) in [6.45, 7) is 8.33. The van der Waals surface area contributed by atoms with Crippen molar-refractivity contribution in [1.29, 1.82) is 0 Å². The molecule has 0 fully saturated rings. The van der Waals surface area contributed by atoms with Crippen LogP contribution in [0.5, 0.6) is 5.88 Å². The molecule has 0 aromatic carbocycles. The molecule has 0 atom stereocenters. The van der Waals surface area contributed by atoms with E-state index in [-0.39, 0.29) is 0 Å². The van der Waals surface area contributed by atoms with Gasteiger partial charge in [0.2, 0.25) is 5.88 Å². The van der Waals surface area contributed by atoms with Crippen LogP contribution in [0.4, 0.5) is 5.69 Å². The number of aryl methyl sites for hydroxylation is 1. The molecule has 2 N–H and O–H groups in total. The Morgan fingerprint density at radius 2 is 2.36 bits per heavy atom. The quantitative estimate of drug-likeness (QED) is 0.745. The number of nitrogen functional groups attached to an aromatic ring is 1. The van der Waals surface area contributed by atoms with E-state index in [9.17, 15) is 0 Å². The van der Waals surface area contributed by atoms with Crippen LogP contribution in [0.2, 0.25) is 0 Å². The van der Waals surface area contributed by atoms with Gasteiger partial charge in [-0.3, -0.25) is 0 Å². The van der Waals surface area contributed by atoms with E-state index in [1.165, 1.54) is 0 Å². The second-order valence-electron chi connectivity index (χ2n) is 3.45. The minimum absolute atomic E-state index is 0.618. The average Bonchev–Trinajstić information content (AvgIpc) is 2.08. The van der Waals surface area contributed by atoms with Gasteiger partial charge in [-0.15, -0.1) is 6.58 Å². The Morgan fingerprint density at radius 1 is 1.64 bits per heavy atom. The second kappa shape index (κ2) is 4.65. The number of hydrogen-bond acceptors (Lipinski definition) is 3. The van der Waals surface area contributed by atoms with Gasteiger partial charge in [-0.05, 0) is 19.9 Å². The van der Waals surface area contributed by atoms with Gasteiger partial charge in [-0.25, -0.2) is 4.98 Å². The molecule has 0 aliphatic carbocycles. The van der Waals surface area contributed by atoms with Gasteiger partial charge in [-0.2, -0.15) is 0 Å². The molecule has 0 saturated heterocycles. The lowest BCUT2D eigenvalue weighted by atomic mass is 10.2. The first kappa shape index (κ1) is 10.6. The lowest BCUT2D eigenvalue weighted by Gasteiger charge is -2.07. The molecule has 0 aliphatic rings. The molecule has 0 radical (unpaired) electrons. The van der Waals surface area contributed by atoms with E-state index >= 15 is 0 Å². The maximum Gasteiger partial charge on any atom is 0.216 e. The normalized spacial score (nSPS) is 9.86. The molecule has 1 heterocycles. The molecule has 0 unspecified atom stereocenters. The topological polar surface area (TPSA) is 48.1 Å². The van der Waals surface area contributed by atoms with E-state index in [1.54, 1.807) is 6.20 Å². The summed E-state index contributed by atoms with van der Waals surface area (Å²) in [4.78, 5) is 4.10. The highest BCUT2D eigenvalue weighted by atomic mass is 16.5. The fourth-order valence-corrected chi connectivity index (χ4v) is 1.06. The summed E-state index contributed by atoms with van der Waals surface area (Å²) < 4.78 is 5.48. The van der Waals surface area contributed by atoms with Crippen molar-refractivity contribution in [3.63, 3.8) is 0 Å². The molecule has 0 bridgehead atoms. The smallest absolute Gasteiger partial charge is 0.216 e. The summed E-state index contributed by atoms with van der Waals surface area (Å²) in [6, 6.07) is 1.85. The van der Waals surface area contributed by atoms with E-state index in [0.717, 1.165) is 17.6 Å². The van der Waals surface area contributed by atoms with E-state index < -0.39 is 0 Å². The molecule has 1 aromatic rings. The molecular weight excluding hydrogens is 176 g/mol. The lowest BCUT2D eigenvalue weighted by molar-refractivity contribution is 0.307. The average molecular weight is 192 g/mol. The zero-order chi connectivity index (χ0) is 10.6. The maximum absolute atomic E-state index is 5.57. The first-order valence-electron chi connectivity index (χ1n) is 4.59. The predicted octanol–water partition coefficient (Wildman–Crippen LogP) is 2.32. The van der Waals surface area contributed by atoms with Gasteiger partial charge in [0.1, 0.15) is 0 Å². The molecule has 76 valence electrons. The molecule has 3 nitrogen and oxygen atoms in total. The number of pyridine rings is 1. The molecule has 1 aromatic heterocycles. The molecule has 0 amide bonds. The van der Waals surface area contributed by atoms with Crippen molar-refractivity contribution < 1.29 is 4.74 Å². The Labute approximate surface area is 84.6 Å². The highest BCUT2D eigenvalue weighted by Gasteiger charge is 2.00. The van der Waals surface area contributed by atoms with E-state index in [2.05, 4.69) is 11.6 Å². The van der Waals surface area contributed by atoms with Crippen LogP contribution in [0.3, 0.4) is 0 Å². The van der Waals surface area contributed by atoms with Crippen molar-refractivity contribution in [1.82, 2.24) is 4.98 Å². The molecule has 1 rings (SSSR count). The Balaban J connectivity index is 2.55. The summed E-state index contributed by atoms with van der Waals surface area (Å²) in [6.07, 6.45) is 2.45. The van der Waals surface area contributed by atoms with E-state index in [0.29, 0.717) is 18.2 Å². The number of anilines is 1. The number of rotatable bonds is 4. The summed E-state index contributed by atoms with van der Waals surface area (Å²) in [5.74, 6) is 0.653. The first-order chi connectivity index (χ1) is 6.59. The highest BCUT2D eigenvalue weighted by molar-refractivity contribution is 5.41. The Hall–Kier alpha value is -1.51. The van der Waals surface area contributed by atoms with Crippen LogP contribution in [-0.2, 0) is 0 Å². The van der Waals surface area contributed by atoms with Gasteiger partial charge < -0.3 is 10.5 Å². The van der Waals surface area contributed by atoms with Gasteiger partial charge in [0.25, 0.3) is 0 Å². The monoisotopic (exact) mass is 192 g/mol. The number of hydrogen-bond donors (Lipinski definition) is 1. The third-order valence-corrected chi connectivity index (χ3v) is 1.82. The molecular formula is C11H16N2O. The molecule has 3 heteroatoms.